The number of hydrogen-bond donors (Lipinski definition) is 2. The largest absolute Gasteiger partial charge is 0.378 e. The first-order chi connectivity index (χ1) is 11.7. The van der Waals surface area contributed by atoms with E-state index in [-0.39, 0.29) is 0 Å². The standard InChI is InChI=1S/C22H22N2/c1-13-10-14(2)21-16-7-5-8-17(16)22(24-20(21)11-13)18-12-23-19-9-4-3-6-15(18)19/h3-7,9-12,16-17,22-24H,8H2,1-2H3. The van der Waals surface area contributed by atoms with Crippen molar-refractivity contribution in [2.45, 2.75) is 32.2 Å². The van der Waals surface area contributed by atoms with E-state index in [1.807, 2.05) is 0 Å². The van der Waals surface area contributed by atoms with Gasteiger partial charge in [0.25, 0.3) is 0 Å². The molecule has 1 aliphatic carbocycles. The summed E-state index contributed by atoms with van der Waals surface area (Å²) in [5.41, 5.74) is 8.18. The van der Waals surface area contributed by atoms with Crippen LogP contribution < -0.4 is 5.32 Å². The Balaban J connectivity index is 1.68. The summed E-state index contributed by atoms with van der Waals surface area (Å²) in [6.45, 7) is 4.44. The van der Waals surface area contributed by atoms with E-state index in [1.165, 1.54) is 38.8 Å². The SMILES string of the molecule is Cc1cc(C)c2c(c1)NC(c1c[nH]c3ccccc13)C1CC=CC21. The van der Waals surface area contributed by atoms with E-state index in [2.05, 4.69) is 78.9 Å². The number of hydrogen-bond acceptors (Lipinski definition) is 1. The second-order valence-corrected chi connectivity index (χ2v) is 7.31. The van der Waals surface area contributed by atoms with Crippen molar-refractivity contribution in [3.8, 4) is 0 Å². The molecule has 0 amide bonds. The van der Waals surface area contributed by atoms with Crippen molar-refractivity contribution >= 4 is 16.6 Å². The fraction of sp³-hybridized carbons (Fsp3) is 0.273. The molecule has 2 aromatic carbocycles. The second-order valence-electron chi connectivity index (χ2n) is 7.31. The highest BCUT2D eigenvalue weighted by Crippen LogP contribution is 2.51. The number of nitrogens with one attached hydrogen (secondary N) is 2. The average molecular weight is 314 g/mol. The second kappa shape index (κ2) is 5.01. The van der Waals surface area contributed by atoms with Crippen LogP contribution in [0.4, 0.5) is 5.69 Å². The molecule has 0 radical (unpaired) electrons. The smallest absolute Gasteiger partial charge is 0.0574 e. The number of H-pyrrole nitrogens is 1. The van der Waals surface area contributed by atoms with Gasteiger partial charge in [0, 0.05) is 28.7 Å². The van der Waals surface area contributed by atoms with Crippen LogP contribution in [-0.2, 0) is 0 Å². The van der Waals surface area contributed by atoms with Gasteiger partial charge in [-0.3, -0.25) is 0 Å². The summed E-state index contributed by atoms with van der Waals surface area (Å²) in [6, 6.07) is 13.6. The molecule has 2 aliphatic rings. The Hall–Kier alpha value is -2.48. The number of aromatic amines is 1. The van der Waals surface area contributed by atoms with E-state index in [0.717, 1.165) is 6.42 Å². The fourth-order valence-corrected chi connectivity index (χ4v) is 4.80. The number of aryl methyl sites for hydroxylation is 2. The number of aromatic nitrogens is 1. The van der Waals surface area contributed by atoms with Crippen molar-refractivity contribution in [2.75, 3.05) is 5.32 Å². The van der Waals surface area contributed by atoms with Gasteiger partial charge in [-0.25, -0.2) is 0 Å². The predicted octanol–water partition coefficient (Wildman–Crippen LogP) is 5.61. The molecule has 0 spiro atoms. The first-order valence-corrected chi connectivity index (χ1v) is 8.83. The van der Waals surface area contributed by atoms with E-state index in [1.54, 1.807) is 0 Å². The molecule has 3 atom stereocenters. The number of benzene rings is 2. The summed E-state index contributed by atoms with van der Waals surface area (Å²) in [6.07, 6.45) is 8.14. The Morgan fingerprint density at radius 3 is 2.88 bits per heavy atom. The van der Waals surface area contributed by atoms with Gasteiger partial charge in [0.15, 0.2) is 0 Å². The van der Waals surface area contributed by atoms with E-state index in [9.17, 15) is 0 Å². The normalized spacial score (nSPS) is 24.7. The molecule has 3 aromatic rings. The molecule has 2 heterocycles. The molecule has 2 nitrogen and oxygen atoms in total. The van der Waals surface area contributed by atoms with Crippen molar-refractivity contribution in [1.29, 1.82) is 0 Å². The van der Waals surface area contributed by atoms with Crippen LogP contribution in [0, 0.1) is 19.8 Å². The highest BCUT2D eigenvalue weighted by atomic mass is 15.0. The molecule has 0 bridgehead atoms. The van der Waals surface area contributed by atoms with Crippen molar-refractivity contribution in [2.24, 2.45) is 5.92 Å². The number of rotatable bonds is 1. The van der Waals surface area contributed by atoms with Crippen LogP contribution >= 0.6 is 0 Å². The molecule has 0 fully saturated rings. The molecular formula is C22H22N2. The number of para-hydroxylation sites is 1. The van der Waals surface area contributed by atoms with Crippen LogP contribution in [-0.4, -0.2) is 4.98 Å². The van der Waals surface area contributed by atoms with E-state index < -0.39 is 0 Å². The third-order valence-corrected chi connectivity index (χ3v) is 5.77. The van der Waals surface area contributed by atoms with E-state index in [4.69, 9.17) is 0 Å². The van der Waals surface area contributed by atoms with Crippen LogP contribution in [0.3, 0.4) is 0 Å². The number of anilines is 1. The van der Waals surface area contributed by atoms with Gasteiger partial charge in [-0.05, 0) is 60.6 Å². The summed E-state index contributed by atoms with van der Waals surface area (Å²) >= 11 is 0. The topological polar surface area (TPSA) is 27.8 Å². The predicted molar refractivity (Wildman–Crippen MR) is 101 cm³/mol. The monoisotopic (exact) mass is 314 g/mol. The van der Waals surface area contributed by atoms with Gasteiger partial charge < -0.3 is 10.3 Å². The minimum atomic E-state index is 0.356. The molecule has 1 aliphatic heterocycles. The Bertz CT molecular complexity index is 963. The Kier molecular flexibility index (Phi) is 2.90. The summed E-state index contributed by atoms with van der Waals surface area (Å²) in [4.78, 5) is 3.45. The third-order valence-electron chi connectivity index (χ3n) is 5.77. The average Bonchev–Trinajstić information content (AvgIpc) is 3.20. The van der Waals surface area contributed by atoms with Crippen molar-refractivity contribution in [1.82, 2.24) is 4.98 Å². The maximum atomic E-state index is 3.88. The van der Waals surface area contributed by atoms with Crippen molar-refractivity contribution in [3.63, 3.8) is 0 Å². The van der Waals surface area contributed by atoms with E-state index >= 15 is 0 Å². The van der Waals surface area contributed by atoms with Gasteiger partial charge in [-0.15, -0.1) is 0 Å². The van der Waals surface area contributed by atoms with Crippen LogP contribution in [0.25, 0.3) is 10.9 Å². The van der Waals surface area contributed by atoms with Crippen LogP contribution in [0.15, 0.2) is 54.7 Å². The van der Waals surface area contributed by atoms with Crippen molar-refractivity contribution < 1.29 is 0 Å². The Morgan fingerprint density at radius 1 is 1.08 bits per heavy atom. The molecule has 120 valence electrons. The van der Waals surface area contributed by atoms with Gasteiger partial charge in [0.2, 0.25) is 0 Å². The molecule has 24 heavy (non-hydrogen) atoms. The molecular weight excluding hydrogens is 292 g/mol. The van der Waals surface area contributed by atoms with Crippen LogP contribution in [0.2, 0.25) is 0 Å². The molecule has 1 aromatic heterocycles. The maximum absolute atomic E-state index is 3.88. The quantitative estimate of drug-likeness (QED) is 0.561. The van der Waals surface area contributed by atoms with Crippen LogP contribution in [0.1, 0.15) is 40.6 Å². The molecule has 2 N–H and O–H groups in total. The fourth-order valence-electron chi connectivity index (χ4n) is 4.80. The van der Waals surface area contributed by atoms with Gasteiger partial charge in [-0.1, -0.05) is 36.4 Å². The summed E-state index contributed by atoms with van der Waals surface area (Å²) in [5, 5.41) is 5.23. The molecule has 2 heteroatoms. The lowest BCUT2D eigenvalue weighted by atomic mass is 9.75. The Morgan fingerprint density at radius 2 is 1.96 bits per heavy atom. The van der Waals surface area contributed by atoms with E-state index in [0.29, 0.717) is 17.9 Å². The zero-order chi connectivity index (χ0) is 16.3. The third kappa shape index (κ3) is 1.89. The lowest BCUT2D eigenvalue weighted by Crippen LogP contribution is -2.29. The Labute approximate surface area is 142 Å². The number of fused-ring (bicyclic) bond motifs is 4. The lowest BCUT2D eigenvalue weighted by Gasteiger charge is -2.38. The van der Waals surface area contributed by atoms with Gasteiger partial charge in [0.1, 0.15) is 0 Å². The highest BCUT2D eigenvalue weighted by molar-refractivity contribution is 5.84. The lowest BCUT2D eigenvalue weighted by molar-refractivity contribution is 0.426. The summed E-state index contributed by atoms with van der Waals surface area (Å²) in [7, 11) is 0. The molecule has 0 saturated heterocycles. The maximum Gasteiger partial charge on any atom is 0.0574 e. The van der Waals surface area contributed by atoms with Gasteiger partial charge in [-0.2, -0.15) is 0 Å². The first-order valence-electron chi connectivity index (χ1n) is 8.83. The van der Waals surface area contributed by atoms with Gasteiger partial charge in [0.05, 0.1) is 6.04 Å². The summed E-state index contributed by atoms with van der Waals surface area (Å²) in [5.74, 6) is 1.12. The zero-order valence-electron chi connectivity index (χ0n) is 14.1. The molecule has 3 unspecified atom stereocenters. The highest BCUT2D eigenvalue weighted by Gasteiger charge is 2.39. The van der Waals surface area contributed by atoms with Crippen molar-refractivity contribution in [3.05, 3.63) is 77.0 Å². The zero-order valence-corrected chi connectivity index (χ0v) is 14.1. The molecule has 0 saturated carbocycles. The van der Waals surface area contributed by atoms with Gasteiger partial charge >= 0.3 is 0 Å². The van der Waals surface area contributed by atoms with Crippen LogP contribution in [0.5, 0.6) is 0 Å². The number of allylic oxidation sites excluding steroid dienone is 2. The first kappa shape index (κ1) is 13.9. The summed E-state index contributed by atoms with van der Waals surface area (Å²) < 4.78 is 0. The minimum Gasteiger partial charge on any atom is -0.378 e. The molecule has 5 rings (SSSR count). The minimum absolute atomic E-state index is 0.356.